The summed E-state index contributed by atoms with van der Waals surface area (Å²) >= 11 is 0. The third kappa shape index (κ3) is 5.01. The van der Waals surface area contributed by atoms with Crippen molar-refractivity contribution in [2.24, 2.45) is 5.73 Å². The number of rotatable bonds is 3. The highest BCUT2D eigenvalue weighted by Gasteiger charge is 2.10. The molecule has 80 valence electrons. The molecule has 1 rings (SSSR count). The normalized spacial score (nSPS) is 10.6. The molecule has 0 fully saturated rings. The number of hydrogen-bond acceptors (Lipinski definition) is 3. The highest BCUT2D eigenvalue weighted by atomic mass is 35.5. The standard InChI is InChI=1S/C8H10N2O2.2ClH/c9-6(5-8(11)12)7-3-1-2-4-10-7;;/h1-4,6H,5,9H2,(H,11,12);2*1H. The summed E-state index contributed by atoms with van der Waals surface area (Å²) < 4.78 is 0. The first-order valence-corrected chi connectivity index (χ1v) is 3.58. The van der Waals surface area contributed by atoms with E-state index in [9.17, 15) is 4.79 Å². The van der Waals surface area contributed by atoms with Crippen LogP contribution in [0.2, 0.25) is 0 Å². The van der Waals surface area contributed by atoms with E-state index in [0.717, 1.165) is 0 Å². The molecule has 0 aliphatic rings. The van der Waals surface area contributed by atoms with Gasteiger partial charge < -0.3 is 10.8 Å². The van der Waals surface area contributed by atoms with E-state index in [4.69, 9.17) is 10.8 Å². The Labute approximate surface area is 94.3 Å². The molecule has 0 saturated heterocycles. The lowest BCUT2D eigenvalue weighted by molar-refractivity contribution is -0.137. The van der Waals surface area contributed by atoms with E-state index >= 15 is 0 Å². The molecule has 0 aromatic carbocycles. The molecule has 0 aliphatic carbocycles. The van der Waals surface area contributed by atoms with Crippen LogP contribution in [0.3, 0.4) is 0 Å². The fourth-order valence-electron chi connectivity index (χ4n) is 0.888. The van der Waals surface area contributed by atoms with Crippen LogP contribution < -0.4 is 5.73 Å². The lowest BCUT2D eigenvalue weighted by Gasteiger charge is -2.06. The van der Waals surface area contributed by atoms with Gasteiger partial charge in [0, 0.05) is 6.20 Å². The average Bonchev–Trinajstić information content (AvgIpc) is 2.05. The summed E-state index contributed by atoms with van der Waals surface area (Å²) in [5, 5.41) is 8.44. The van der Waals surface area contributed by atoms with E-state index in [1.807, 2.05) is 0 Å². The molecule has 0 saturated carbocycles. The molecular formula is C8H12Cl2N2O2. The molecule has 1 aromatic rings. The van der Waals surface area contributed by atoms with Crippen molar-refractivity contribution in [3.63, 3.8) is 0 Å². The second kappa shape index (κ2) is 7.55. The van der Waals surface area contributed by atoms with Crippen LogP contribution in [0.25, 0.3) is 0 Å². The van der Waals surface area contributed by atoms with Gasteiger partial charge in [-0.05, 0) is 12.1 Å². The maximum Gasteiger partial charge on any atom is 0.305 e. The largest absolute Gasteiger partial charge is 0.481 e. The van der Waals surface area contributed by atoms with Crippen LogP contribution in [-0.4, -0.2) is 16.1 Å². The Bertz CT molecular complexity index is 269. The number of nitrogens with two attached hydrogens (primary N) is 1. The molecule has 0 radical (unpaired) electrons. The average molecular weight is 239 g/mol. The van der Waals surface area contributed by atoms with Crippen molar-refractivity contribution in [3.05, 3.63) is 30.1 Å². The van der Waals surface area contributed by atoms with Gasteiger partial charge in [0.2, 0.25) is 0 Å². The predicted molar refractivity (Wildman–Crippen MR) is 57.9 cm³/mol. The molecular weight excluding hydrogens is 227 g/mol. The van der Waals surface area contributed by atoms with E-state index < -0.39 is 12.0 Å². The van der Waals surface area contributed by atoms with E-state index in [2.05, 4.69) is 4.98 Å². The van der Waals surface area contributed by atoms with Gasteiger partial charge in [0.1, 0.15) is 0 Å². The molecule has 1 atom stereocenters. The number of aliphatic carboxylic acids is 1. The van der Waals surface area contributed by atoms with E-state index in [1.165, 1.54) is 0 Å². The third-order valence-corrected chi connectivity index (χ3v) is 1.46. The molecule has 0 bridgehead atoms. The Balaban J connectivity index is 0. The smallest absolute Gasteiger partial charge is 0.305 e. The van der Waals surface area contributed by atoms with Crippen LogP contribution in [-0.2, 0) is 4.79 Å². The Morgan fingerprint density at radius 3 is 2.57 bits per heavy atom. The van der Waals surface area contributed by atoms with Crippen molar-refractivity contribution in [1.29, 1.82) is 0 Å². The number of hydrogen-bond donors (Lipinski definition) is 2. The van der Waals surface area contributed by atoms with Crippen molar-refractivity contribution in [3.8, 4) is 0 Å². The Kier molecular flexibility index (Phi) is 8.43. The van der Waals surface area contributed by atoms with Crippen LogP contribution in [0.1, 0.15) is 18.2 Å². The summed E-state index contributed by atoms with van der Waals surface area (Å²) in [6, 6.07) is 4.75. The second-order valence-electron chi connectivity index (χ2n) is 2.46. The van der Waals surface area contributed by atoms with Gasteiger partial charge in [-0.15, -0.1) is 24.8 Å². The molecule has 0 amide bonds. The number of halogens is 2. The minimum absolute atomic E-state index is 0. The molecule has 14 heavy (non-hydrogen) atoms. The maximum atomic E-state index is 10.3. The zero-order chi connectivity index (χ0) is 8.97. The second-order valence-corrected chi connectivity index (χ2v) is 2.46. The number of carboxylic acid groups (broad SMARTS) is 1. The van der Waals surface area contributed by atoms with Gasteiger partial charge in [-0.3, -0.25) is 9.78 Å². The summed E-state index contributed by atoms with van der Waals surface area (Å²) in [4.78, 5) is 14.2. The summed E-state index contributed by atoms with van der Waals surface area (Å²) in [5.41, 5.74) is 6.16. The summed E-state index contributed by atoms with van der Waals surface area (Å²) in [6.45, 7) is 0. The van der Waals surface area contributed by atoms with Gasteiger partial charge in [0.15, 0.2) is 0 Å². The third-order valence-electron chi connectivity index (χ3n) is 1.46. The molecule has 0 spiro atoms. The van der Waals surface area contributed by atoms with Crippen LogP contribution in [0.15, 0.2) is 24.4 Å². The maximum absolute atomic E-state index is 10.3. The molecule has 1 heterocycles. The zero-order valence-electron chi connectivity index (χ0n) is 7.29. The van der Waals surface area contributed by atoms with Crippen LogP contribution in [0.4, 0.5) is 0 Å². The lowest BCUT2D eigenvalue weighted by atomic mass is 10.1. The van der Waals surface area contributed by atoms with Gasteiger partial charge in [-0.1, -0.05) is 6.07 Å². The minimum Gasteiger partial charge on any atom is -0.481 e. The first-order chi connectivity index (χ1) is 5.70. The zero-order valence-corrected chi connectivity index (χ0v) is 8.92. The lowest BCUT2D eigenvalue weighted by Crippen LogP contribution is -2.15. The van der Waals surface area contributed by atoms with Gasteiger partial charge in [0.25, 0.3) is 0 Å². The predicted octanol–water partition coefficient (Wildman–Crippen LogP) is 1.40. The van der Waals surface area contributed by atoms with Gasteiger partial charge in [0.05, 0.1) is 18.2 Å². The number of pyridine rings is 1. The summed E-state index contributed by atoms with van der Waals surface area (Å²) in [5.74, 6) is -0.909. The van der Waals surface area contributed by atoms with Gasteiger partial charge >= 0.3 is 5.97 Å². The van der Waals surface area contributed by atoms with Crippen molar-refractivity contribution in [1.82, 2.24) is 4.98 Å². The van der Waals surface area contributed by atoms with Crippen molar-refractivity contribution in [2.75, 3.05) is 0 Å². The van der Waals surface area contributed by atoms with Gasteiger partial charge in [-0.2, -0.15) is 0 Å². The van der Waals surface area contributed by atoms with Crippen LogP contribution in [0.5, 0.6) is 0 Å². The number of nitrogens with zero attached hydrogens (tertiary/aromatic N) is 1. The SMILES string of the molecule is Cl.Cl.NC(CC(=O)O)c1ccccn1. The van der Waals surface area contributed by atoms with Crippen LogP contribution in [0, 0.1) is 0 Å². The molecule has 6 heteroatoms. The first-order valence-electron chi connectivity index (χ1n) is 3.58. The molecule has 0 aliphatic heterocycles. The van der Waals surface area contributed by atoms with Crippen molar-refractivity contribution in [2.45, 2.75) is 12.5 Å². The summed E-state index contributed by atoms with van der Waals surface area (Å²) in [7, 11) is 0. The quantitative estimate of drug-likeness (QED) is 0.835. The highest BCUT2D eigenvalue weighted by molar-refractivity contribution is 5.85. The van der Waals surface area contributed by atoms with E-state index in [1.54, 1.807) is 24.4 Å². The molecule has 1 aromatic heterocycles. The van der Waals surface area contributed by atoms with Gasteiger partial charge in [-0.25, -0.2) is 0 Å². The highest BCUT2D eigenvalue weighted by Crippen LogP contribution is 2.09. The Morgan fingerprint density at radius 1 is 1.50 bits per heavy atom. The minimum atomic E-state index is -0.909. The molecule has 1 unspecified atom stereocenters. The van der Waals surface area contributed by atoms with E-state index in [-0.39, 0.29) is 31.2 Å². The number of carbonyl (C=O) groups is 1. The van der Waals surface area contributed by atoms with Crippen molar-refractivity contribution < 1.29 is 9.90 Å². The van der Waals surface area contributed by atoms with Crippen LogP contribution >= 0.6 is 24.8 Å². The first kappa shape index (κ1) is 15.6. The Morgan fingerprint density at radius 2 is 2.14 bits per heavy atom. The fourth-order valence-corrected chi connectivity index (χ4v) is 0.888. The Hall–Kier alpha value is -0.840. The van der Waals surface area contributed by atoms with E-state index in [0.29, 0.717) is 5.69 Å². The monoisotopic (exact) mass is 238 g/mol. The number of aromatic nitrogens is 1. The topological polar surface area (TPSA) is 76.2 Å². The number of carboxylic acids is 1. The molecule has 3 N–H and O–H groups in total. The molecule has 4 nitrogen and oxygen atoms in total. The fraction of sp³-hybridized carbons (Fsp3) is 0.250. The summed E-state index contributed by atoms with van der Waals surface area (Å²) in [6.07, 6.45) is 1.51. The van der Waals surface area contributed by atoms with Crippen molar-refractivity contribution >= 4 is 30.8 Å².